The lowest BCUT2D eigenvalue weighted by molar-refractivity contribution is -0.742. The summed E-state index contributed by atoms with van der Waals surface area (Å²) >= 11 is 0. The second-order valence-corrected chi connectivity index (χ2v) is 3.55. The molecule has 0 aliphatic rings. The lowest BCUT2D eigenvalue weighted by Crippen LogP contribution is -2.34. The van der Waals surface area contributed by atoms with E-state index >= 15 is 0 Å². The predicted molar refractivity (Wildman–Crippen MR) is 59.3 cm³/mol. The lowest BCUT2D eigenvalue weighted by atomic mass is 10.3. The third kappa shape index (κ3) is 54.4. The van der Waals surface area contributed by atoms with Gasteiger partial charge in [0.2, 0.25) is 0 Å². The number of hydrogen-bond acceptors (Lipinski definition) is 6. The van der Waals surface area contributed by atoms with E-state index in [1.807, 2.05) is 0 Å². The maximum absolute atomic E-state index is 8.36. The summed E-state index contributed by atoms with van der Waals surface area (Å²) in [6.07, 6.45) is 0. The zero-order valence-electron chi connectivity index (χ0n) is 10.6. The maximum Gasteiger partial charge on any atom is 0.291 e. The SMILES string of the molecule is CC(CN(C)C)N(C)C.O=[N+]([O-])O.O=[N+]([O-])O. The Hall–Kier alpha value is -1.68. The van der Waals surface area contributed by atoms with Gasteiger partial charge in [0.1, 0.15) is 0 Å². The third-order valence-electron chi connectivity index (χ3n) is 1.51. The van der Waals surface area contributed by atoms with Crippen LogP contribution in [0.3, 0.4) is 0 Å². The summed E-state index contributed by atoms with van der Waals surface area (Å²) in [5.41, 5.74) is 0. The molecule has 104 valence electrons. The fourth-order valence-corrected chi connectivity index (χ4v) is 0.692. The van der Waals surface area contributed by atoms with E-state index in [-0.39, 0.29) is 0 Å². The summed E-state index contributed by atoms with van der Waals surface area (Å²) in [5.74, 6) is 0. The van der Waals surface area contributed by atoms with Gasteiger partial charge >= 0.3 is 0 Å². The highest BCUT2D eigenvalue weighted by atomic mass is 16.9. The molecule has 0 amide bonds. The average Bonchev–Trinajstić information content (AvgIpc) is 1.99. The summed E-state index contributed by atoms with van der Waals surface area (Å²) in [7, 11) is 8.41. The molecule has 0 fully saturated rings. The standard InChI is InChI=1S/C7H18N2.2HNO3/c1-7(9(4)5)6-8(2)3;2*2-1(3)4/h7H,6H2,1-5H3;2*(H,2,3,4). The van der Waals surface area contributed by atoms with Crippen LogP contribution in [0.1, 0.15) is 6.92 Å². The highest BCUT2D eigenvalue weighted by Crippen LogP contribution is 1.91. The molecule has 0 aromatic rings. The van der Waals surface area contributed by atoms with Crippen LogP contribution < -0.4 is 0 Å². The van der Waals surface area contributed by atoms with Crippen LogP contribution in [-0.2, 0) is 0 Å². The monoisotopic (exact) mass is 256 g/mol. The van der Waals surface area contributed by atoms with Crippen molar-refractivity contribution < 1.29 is 20.6 Å². The second kappa shape index (κ2) is 12.4. The Morgan fingerprint density at radius 3 is 1.35 bits per heavy atom. The van der Waals surface area contributed by atoms with E-state index in [4.69, 9.17) is 30.6 Å². The molecule has 10 heteroatoms. The Kier molecular flexibility index (Phi) is 15.1. The Balaban J connectivity index is -0.000000205. The zero-order chi connectivity index (χ0) is 14.6. The first kappa shape index (κ1) is 20.7. The van der Waals surface area contributed by atoms with Crippen molar-refractivity contribution in [1.29, 1.82) is 0 Å². The summed E-state index contributed by atoms with van der Waals surface area (Å²) < 4.78 is 0. The van der Waals surface area contributed by atoms with Gasteiger partial charge in [-0.1, -0.05) is 0 Å². The van der Waals surface area contributed by atoms with Crippen molar-refractivity contribution in [3.8, 4) is 0 Å². The molecule has 0 saturated heterocycles. The van der Waals surface area contributed by atoms with E-state index < -0.39 is 10.2 Å². The van der Waals surface area contributed by atoms with Gasteiger partial charge in [-0.25, -0.2) is 0 Å². The van der Waals surface area contributed by atoms with E-state index in [0.717, 1.165) is 6.54 Å². The van der Waals surface area contributed by atoms with Crippen molar-refractivity contribution in [3.63, 3.8) is 0 Å². The molecule has 0 aromatic carbocycles. The van der Waals surface area contributed by atoms with Gasteiger partial charge in [-0.05, 0) is 35.1 Å². The molecule has 0 rings (SSSR count). The van der Waals surface area contributed by atoms with Crippen LogP contribution in [0, 0.1) is 20.2 Å². The fourth-order valence-electron chi connectivity index (χ4n) is 0.692. The smallest absolute Gasteiger partial charge is 0.291 e. The Labute approximate surface area is 99.3 Å². The van der Waals surface area contributed by atoms with E-state index in [2.05, 4.69) is 44.9 Å². The molecule has 0 bridgehead atoms. The van der Waals surface area contributed by atoms with Gasteiger partial charge < -0.3 is 20.2 Å². The highest BCUT2D eigenvalue weighted by molar-refractivity contribution is 4.61. The molecular formula is C7H20N4O6. The van der Waals surface area contributed by atoms with Crippen molar-refractivity contribution in [2.24, 2.45) is 0 Å². The van der Waals surface area contributed by atoms with Crippen LogP contribution in [0.5, 0.6) is 0 Å². The predicted octanol–water partition coefficient (Wildman–Crippen LogP) is -0.197. The quantitative estimate of drug-likeness (QED) is 0.524. The molecule has 0 aliphatic carbocycles. The zero-order valence-corrected chi connectivity index (χ0v) is 10.6. The van der Waals surface area contributed by atoms with Gasteiger partial charge in [0.25, 0.3) is 10.2 Å². The summed E-state index contributed by atoms with van der Waals surface area (Å²) in [4.78, 5) is 21.1. The van der Waals surface area contributed by atoms with E-state index in [9.17, 15) is 0 Å². The van der Waals surface area contributed by atoms with Crippen LogP contribution in [0.4, 0.5) is 0 Å². The molecule has 0 aromatic heterocycles. The van der Waals surface area contributed by atoms with Gasteiger partial charge in [0.15, 0.2) is 0 Å². The third-order valence-corrected chi connectivity index (χ3v) is 1.51. The first-order valence-electron chi connectivity index (χ1n) is 4.48. The molecule has 0 saturated carbocycles. The summed E-state index contributed by atoms with van der Waals surface area (Å²) in [6, 6.07) is 0.653. The minimum absolute atomic E-state index is 0.653. The molecule has 0 heterocycles. The Morgan fingerprint density at radius 2 is 1.29 bits per heavy atom. The highest BCUT2D eigenvalue weighted by Gasteiger charge is 2.03. The minimum atomic E-state index is -1.50. The molecule has 0 spiro atoms. The van der Waals surface area contributed by atoms with E-state index in [0.29, 0.717) is 6.04 Å². The van der Waals surface area contributed by atoms with Crippen molar-refractivity contribution >= 4 is 0 Å². The van der Waals surface area contributed by atoms with Gasteiger partial charge in [0.05, 0.1) is 0 Å². The first-order valence-corrected chi connectivity index (χ1v) is 4.48. The Morgan fingerprint density at radius 1 is 1.06 bits per heavy atom. The van der Waals surface area contributed by atoms with Gasteiger partial charge in [-0.2, -0.15) is 0 Å². The van der Waals surface area contributed by atoms with Gasteiger partial charge in [-0.15, -0.1) is 20.2 Å². The van der Waals surface area contributed by atoms with Crippen LogP contribution >= 0.6 is 0 Å². The van der Waals surface area contributed by atoms with Crippen LogP contribution in [0.2, 0.25) is 0 Å². The molecule has 0 aliphatic heterocycles. The molecule has 2 N–H and O–H groups in total. The largest absolute Gasteiger partial charge is 0.328 e. The number of likely N-dealkylation sites (N-methyl/N-ethyl adjacent to an activating group) is 2. The number of rotatable bonds is 3. The second-order valence-electron chi connectivity index (χ2n) is 3.55. The molecule has 1 unspecified atom stereocenters. The van der Waals surface area contributed by atoms with Crippen LogP contribution in [0.25, 0.3) is 0 Å². The fraction of sp³-hybridized carbons (Fsp3) is 1.00. The molecular weight excluding hydrogens is 236 g/mol. The summed E-state index contributed by atoms with van der Waals surface area (Å²) in [5, 5.41) is 27.3. The van der Waals surface area contributed by atoms with Gasteiger partial charge in [-0.3, -0.25) is 0 Å². The first-order chi connectivity index (χ1) is 7.50. The average molecular weight is 256 g/mol. The molecule has 0 radical (unpaired) electrons. The van der Waals surface area contributed by atoms with Crippen molar-refractivity contribution in [2.45, 2.75) is 13.0 Å². The van der Waals surface area contributed by atoms with Crippen LogP contribution in [0.15, 0.2) is 0 Å². The number of nitrogens with zero attached hydrogens (tertiary/aromatic N) is 4. The number of hydrogen-bond donors (Lipinski definition) is 2. The topological polar surface area (TPSA) is 133 Å². The maximum atomic E-state index is 8.36. The van der Waals surface area contributed by atoms with Crippen LogP contribution in [-0.4, -0.2) is 71.2 Å². The molecule has 1 atom stereocenters. The molecule has 10 nitrogen and oxygen atoms in total. The normalized spacial score (nSPS) is 10.8. The molecule has 17 heavy (non-hydrogen) atoms. The summed E-state index contributed by atoms with van der Waals surface area (Å²) in [6.45, 7) is 3.35. The minimum Gasteiger partial charge on any atom is -0.328 e. The van der Waals surface area contributed by atoms with Gasteiger partial charge in [0, 0.05) is 12.6 Å². The lowest BCUT2D eigenvalue weighted by Gasteiger charge is -2.22. The van der Waals surface area contributed by atoms with E-state index in [1.165, 1.54) is 0 Å². The van der Waals surface area contributed by atoms with Crippen molar-refractivity contribution in [3.05, 3.63) is 20.2 Å². The van der Waals surface area contributed by atoms with E-state index in [1.54, 1.807) is 0 Å². The Bertz CT molecular complexity index is 191. The van der Waals surface area contributed by atoms with Crippen molar-refractivity contribution in [2.75, 3.05) is 34.7 Å². The van der Waals surface area contributed by atoms with Crippen molar-refractivity contribution in [1.82, 2.24) is 9.80 Å².